The van der Waals surface area contributed by atoms with Crippen LogP contribution < -0.4 is 5.32 Å². The lowest BCUT2D eigenvalue weighted by Crippen LogP contribution is -2.36. The summed E-state index contributed by atoms with van der Waals surface area (Å²) in [4.78, 5) is 2.57. The highest BCUT2D eigenvalue weighted by atomic mass is 35.5. The van der Waals surface area contributed by atoms with Crippen LogP contribution in [0.2, 0.25) is 5.02 Å². The standard InChI is InChI=1S/C20H22ClN3O2S/c1-23-10-8-17(9-11-23)22-18-3-2-4-19(14-18)27(25,26)24-12-7-15-5-6-16(21)13-20(15)24/h2-7,12-14,17,22H,8-11H2,1H3. The lowest BCUT2D eigenvalue weighted by Gasteiger charge is -2.30. The van der Waals surface area contributed by atoms with Crippen molar-refractivity contribution >= 4 is 38.2 Å². The number of nitrogens with zero attached hydrogens (tertiary/aromatic N) is 2. The fourth-order valence-electron chi connectivity index (χ4n) is 3.54. The summed E-state index contributed by atoms with van der Waals surface area (Å²) >= 11 is 6.07. The fraction of sp³-hybridized carbons (Fsp3) is 0.300. The monoisotopic (exact) mass is 403 g/mol. The summed E-state index contributed by atoms with van der Waals surface area (Å²) in [5.41, 5.74) is 1.41. The molecular formula is C20H22ClN3O2S. The Bertz CT molecular complexity index is 1070. The van der Waals surface area contributed by atoms with Crippen molar-refractivity contribution in [2.75, 3.05) is 25.5 Å². The first-order valence-electron chi connectivity index (χ1n) is 9.01. The summed E-state index contributed by atoms with van der Waals surface area (Å²) in [6.45, 7) is 2.09. The first-order chi connectivity index (χ1) is 12.9. The van der Waals surface area contributed by atoms with E-state index in [0.29, 0.717) is 16.6 Å². The first-order valence-corrected chi connectivity index (χ1v) is 10.8. The van der Waals surface area contributed by atoms with Gasteiger partial charge >= 0.3 is 0 Å². The molecule has 1 saturated heterocycles. The van der Waals surface area contributed by atoms with E-state index in [4.69, 9.17) is 11.6 Å². The summed E-state index contributed by atoms with van der Waals surface area (Å²) in [5.74, 6) is 0. The Balaban J connectivity index is 1.65. The van der Waals surface area contributed by atoms with Gasteiger partial charge in [-0.25, -0.2) is 12.4 Å². The van der Waals surface area contributed by atoms with Gasteiger partial charge in [0.15, 0.2) is 0 Å². The largest absolute Gasteiger partial charge is 0.382 e. The maximum Gasteiger partial charge on any atom is 0.268 e. The van der Waals surface area contributed by atoms with Gasteiger partial charge in [0.2, 0.25) is 0 Å². The Kier molecular flexibility index (Phi) is 4.88. The van der Waals surface area contributed by atoms with E-state index in [1.807, 2.05) is 12.1 Å². The number of hydrogen-bond acceptors (Lipinski definition) is 4. The van der Waals surface area contributed by atoms with Crippen molar-refractivity contribution in [1.82, 2.24) is 8.87 Å². The maximum atomic E-state index is 13.2. The third-order valence-electron chi connectivity index (χ3n) is 5.10. The van der Waals surface area contributed by atoms with Gasteiger partial charge in [-0.05, 0) is 69.4 Å². The molecule has 3 aromatic rings. The van der Waals surface area contributed by atoms with Crippen LogP contribution in [-0.4, -0.2) is 43.5 Å². The van der Waals surface area contributed by atoms with Crippen LogP contribution >= 0.6 is 11.6 Å². The van der Waals surface area contributed by atoms with E-state index in [0.717, 1.165) is 37.0 Å². The van der Waals surface area contributed by atoms with E-state index in [1.54, 1.807) is 42.6 Å². The van der Waals surface area contributed by atoms with E-state index in [2.05, 4.69) is 17.3 Å². The van der Waals surface area contributed by atoms with Crippen molar-refractivity contribution in [3.63, 3.8) is 0 Å². The smallest absolute Gasteiger partial charge is 0.268 e. The SMILES string of the molecule is CN1CCC(Nc2cccc(S(=O)(=O)n3ccc4ccc(Cl)cc43)c2)CC1. The minimum absolute atomic E-state index is 0.262. The van der Waals surface area contributed by atoms with Gasteiger partial charge in [0.1, 0.15) is 0 Å². The van der Waals surface area contributed by atoms with Crippen LogP contribution in [0, 0.1) is 0 Å². The van der Waals surface area contributed by atoms with Crippen LogP contribution in [0.5, 0.6) is 0 Å². The van der Waals surface area contributed by atoms with E-state index in [9.17, 15) is 8.42 Å². The third kappa shape index (κ3) is 3.70. The topological polar surface area (TPSA) is 54.3 Å². The molecule has 0 spiro atoms. The summed E-state index contributed by atoms with van der Waals surface area (Å²) in [6, 6.07) is 14.4. The number of piperidine rings is 1. The molecule has 1 aliphatic heterocycles. The highest BCUT2D eigenvalue weighted by Gasteiger charge is 2.21. The number of benzene rings is 2. The second-order valence-corrected chi connectivity index (χ2v) is 9.32. The third-order valence-corrected chi connectivity index (χ3v) is 7.02. The number of nitrogens with one attached hydrogen (secondary N) is 1. The predicted molar refractivity (Wildman–Crippen MR) is 110 cm³/mol. The molecule has 1 aliphatic rings. The predicted octanol–water partition coefficient (Wildman–Crippen LogP) is 4.04. The molecule has 5 nitrogen and oxygen atoms in total. The second-order valence-electron chi connectivity index (χ2n) is 7.07. The summed E-state index contributed by atoms with van der Waals surface area (Å²) < 4.78 is 27.7. The molecule has 0 unspecified atom stereocenters. The maximum absolute atomic E-state index is 13.2. The van der Waals surface area contributed by atoms with Crippen molar-refractivity contribution in [3.8, 4) is 0 Å². The Hall–Kier alpha value is -2.02. The van der Waals surface area contributed by atoms with Gasteiger partial charge in [-0.2, -0.15) is 0 Å². The molecule has 2 aromatic carbocycles. The summed E-state index contributed by atoms with van der Waals surface area (Å²) in [7, 11) is -1.58. The van der Waals surface area contributed by atoms with Crippen LogP contribution in [-0.2, 0) is 10.0 Å². The average molecular weight is 404 g/mol. The molecule has 1 fully saturated rings. The van der Waals surface area contributed by atoms with Gasteiger partial charge < -0.3 is 10.2 Å². The number of fused-ring (bicyclic) bond motifs is 1. The molecule has 0 aliphatic carbocycles. The number of aromatic nitrogens is 1. The lowest BCUT2D eigenvalue weighted by molar-refractivity contribution is 0.264. The lowest BCUT2D eigenvalue weighted by atomic mass is 10.1. The molecule has 0 radical (unpaired) electrons. The number of halogens is 1. The molecule has 142 valence electrons. The zero-order chi connectivity index (χ0) is 19.0. The molecule has 2 heterocycles. The highest BCUT2D eigenvalue weighted by Crippen LogP contribution is 2.26. The number of hydrogen-bond donors (Lipinski definition) is 1. The molecule has 27 heavy (non-hydrogen) atoms. The van der Waals surface area contributed by atoms with Crippen molar-refractivity contribution in [2.24, 2.45) is 0 Å². The van der Waals surface area contributed by atoms with Gasteiger partial charge in [0.25, 0.3) is 10.0 Å². The van der Waals surface area contributed by atoms with Gasteiger partial charge in [-0.15, -0.1) is 0 Å². The van der Waals surface area contributed by atoms with Gasteiger partial charge in [0, 0.05) is 28.3 Å². The molecule has 0 bridgehead atoms. The van der Waals surface area contributed by atoms with Crippen molar-refractivity contribution in [1.29, 1.82) is 0 Å². The molecule has 1 N–H and O–H groups in total. The number of rotatable bonds is 4. The van der Waals surface area contributed by atoms with Gasteiger partial charge in [0.05, 0.1) is 10.4 Å². The number of anilines is 1. The molecule has 1 aromatic heterocycles. The zero-order valence-electron chi connectivity index (χ0n) is 15.1. The van der Waals surface area contributed by atoms with Crippen LogP contribution in [0.1, 0.15) is 12.8 Å². The first kappa shape index (κ1) is 18.3. The van der Waals surface area contributed by atoms with Gasteiger partial charge in [-0.3, -0.25) is 0 Å². The molecule has 0 saturated carbocycles. The quantitative estimate of drug-likeness (QED) is 0.714. The van der Waals surface area contributed by atoms with Crippen LogP contribution in [0.3, 0.4) is 0 Å². The molecular weight excluding hydrogens is 382 g/mol. The molecule has 7 heteroatoms. The van der Waals surface area contributed by atoms with Crippen LogP contribution in [0.4, 0.5) is 5.69 Å². The minimum atomic E-state index is -3.70. The molecule has 0 atom stereocenters. The van der Waals surface area contributed by atoms with Crippen LogP contribution in [0.25, 0.3) is 10.9 Å². The summed E-state index contributed by atoms with van der Waals surface area (Å²) in [6.07, 6.45) is 3.68. The minimum Gasteiger partial charge on any atom is -0.382 e. The van der Waals surface area contributed by atoms with Gasteiger partial charge in [-0.1, -0.05) is 23.7 Å². The molecule has 0 amide bonds. The van der Waals surface area contributed by atoms with Crippen molar-refractivity contribution in [3.05, 3.63) is 59.8 Å². The Morgan fingerprint density at radius 2 is 1.85 bits per heavy atom. The Morgan fingerprint density at radius 1 is 1.07 bits per heavy atom. The van der Waals surface area contributed by atoms with E-state index in [1.165, 1.54) is 3.97 Å². The van der Waals surface area contributed by atoms with E-state index < -0.39 is 10.0 Å². The van der Waals surface area contributed by atoms with E-state index >= 15 is 0 Å². The molecule has 4 rings (SSSR count). The average Bonchev–Trinajstić information content (AvgIpc) is 3.08. The Labute approximate surface area is 164 Å². The van der Waals surface area contributed by atoms with E-state index in [-0.39, 0.29) is 4.90 Å². The highest BCUT2D eigenvalue weighted by molar-refractivity contribution is 7.90. The van der Waals surface area contributed by atoms with Crippen LogP contribution in [0.15, 0.2) is 59.6 Å². The zero-order valence-corrected chi connectivity index (χ0v) is 16.7. The normalized spacial score (nSPS) is 16.7. The Morgan fingerprint density at radius 3 is 2.63 bits per heavy atom. The second kappa shape index (κ2) is 7.19. The summed E-state index contributed by atoms with van der Waals surface area (Å²) in [5, 5.41) is 4.83. The van der Waals surface area contributed by atoms with Crippen molar-refractivity contribution in [2.45, 2.75) is 23.8 Å². The van der Waals surface area contributed by atoms with Crippen molar-refractivity contribution < 1.29 is 8.42 Å². The number of likely N-dealkylation sites (tertiary alicyclic amines) is 1. The fourth-order valence-corrected chi connectivity index (χ4v) is 5.09.